The smallest absolute Gasteiger partial charge is 0.390 e. The first-order valence-corrected chi connectivity index (χ1v) is 9.78. The van der Waals surface area contributed by atoms with Gasteiger partial charge in [-0.05, 0) is 48.1 Å². The van der Waals surface area contributed by atoms with E-state index < -0.39 is 24.4 Å². The lowest BCUT2D eigenvalue weighted by Crippen LogP contribution is -2.33. The molecule has 0 spiro atoms. The Kier molecular flexibility index (Phi) is 6.84. The van der Waals surface area contributed by atoms with E-state index in [9.17, 15) is 22.4 Å². The number of hydrogen-bond acceptors (Lipinski definition) is 3. The van der Waals surface area contributed by atoms with Crippen molar-refractivity contribution in [1.29, 1.82) is 0 Å². The number of fused-ring (bicyclic) bond motifs is 1. The molecule has 8 heteroatoms. The Morgan fingerprint density at radius 3 is 2.70 bits per heavy atom. The molecule has 162 valence electrons. The fourth-order valence-corrected chi connectivity index (χ4v) is 3.59. The third-order valence-corrected chi connectivity index (χ3v) is 5.06. The first-order chi connectivity index (χ1) is 14.2. The van der Waals surface area contributed by atoms with Gasteiger partial charge in [0.1, 0.15) is 18.2 Å². The highest BCUT2D eigenvalue weighted by Gasteiger charge is 2.30. The number of carboxylic acid groups (broad SMARTS) is 1. The van der Waals surface area contributed by atoms with Crippen LogP contribution in [0.5, 0.6) is 5.75 Å². The van der Waals surface area contributed by atoms with Gasteiger partial charge in [0.2, 0.25) is 0 Å². The highest BCUT2D eigenvalue weighted by atomic mass is 19.4. The van der Waals surface area contributed by atoms with Crippen LogP contribution in [0.4, 0.5) is 23.2 Å². The molecule has 1 heterocycles. The number of rotatable bonds is 8. The molecule has 0 aromatic heterocycles. The van der Waals surface area contributed by atoms with Gasteiger partial charge in [0.25, 0.3) is 0 Å². The number of aliphatic carboxylic acids is 1. The molecular weight excluding hydrogens is 402 g/mol. The van der Waals surface area contributed by atoms with Crippen molar-refractivity contribution in [1.82, 2.24) is 0 Å². The standard InChI is InChI=1S/C22H23F4NO3/c23-18-13-15(6-7-16(18)8-9-20(28)29)14-30-19-5-1-3-17-4-2-11-27(21(17)19)12-10-22(24,25)26/h1,3,5-7,13H,2,4,8-12,14H2,(H,28,29). The third kappa shape index (κ3) is 5.87. The van der Waals surface area contributed by atoms with E-state index in [4.69, 9.17) is 9.84 Å². The number of carbonyl (C=O) groups is 1. The molecule has 0 radical (unpaired) electrons. The number of anilines is 1. The van der Waals surface area contributed by atoms with Gasteiger partial charge in [-0.3, -0.25) is 4.79 Å². The van der Waals surface area contributed by atoms with Crippen LogP contribution in [0.3, 0.4) is 0 Å². The van der Waals surface area contributed by atoms with E-state index in [-0.39, 0.29) is 26.0 Å². The minimum Gasteiger partial charge on any atom is -0.487 e. The van der Waals surface area contributed by atoms with Crippen molar-refractivity contribution in [2.24, 2.45) is 0 Å². The highest BCUT2D eigenvalue weighted by Crippen LogP contribution is 2.37. The number of benzene rings is 2. The van der Waals surface area contributed by atoms with Gasteiger partial charge in [0.15, 0.2) is 0 Å². The Labute approximate surface area is 172 Å². The van der Waals surface area contributed by atoms with Crippen LogP contribution in [0.15, 0.2) is 36.4 Å². The topological polar surface area (TPSA) is 49.8 Å². The normalized spacial score (nSPS) is 13.8. The molecule has 1 N–H and O–H groups in total. The van der Waals surface area contributed by atoms with E-state index in [1.807, 2.05) is 6.07 Å². The van der Waals surface area contributed by atoms with E-state index in [0.29, 0.717) is 29.1 Å². The van der Waals surface area contributed by atoms with Gasteiger partial charge < -0.3 is 14.7 Å². The average molecular weight is 425 g/mol. The molecular formula is C22H23F4NO3. The number of para-hydroxylation sites is 1. The predicted octanol–water partition coefficient (Wildman–Crippen LogP) is 5.13. The minimum atomic E-state index is -4.23. The molecule has 30 heavy (non-hydrogen) atoms. The number of hydrogen-bond donors (Lipinski definition) is 1. The maximum absolute atomic E-state index is 14.2. The fraction of sp³-hybridized carbons (Fsp3) is 0.409. The number of ether oxygens (including phenoxy) is 1. The molecule has 2 aromatic carbocycles. The Morgan fingerprint density at radius 1 is 1.20 bits per heavy atom. The zero-order chi connectivity index (χ0) is 21.7. The van der Waals surface area contributed by atoms with E-state index in [2.05, 4.69) is 0 Å². The van der Waals surface area contributed by atoms with Crippen LogP contribution in [0.2, 0.25) is 0 Å². The summed E-state index contributed by atoms with van der Waals surface area (Å²) in [6, 6.07) is 9.90. The quantitative estimate of drug-likeness (QED) is 0.596. The lowest BCUT2D eigenvalue weighted by molar-refractivity contribution is -0.137. The van der Waals surface area contributed by atoms with Crippen molar-refractivity contribution < 1.29 is 32.2 Å². The monoisotopic (exact) mass is 425 g/mol. The molecule has 0 aliphatic carbocycles. The van der Waals surface area contributed by atoms with Gasteiger partial charge in [-0.2, -0.15) is 13.2 Å². The Balaban J connectivity index is 1.72. The van der Waals surface area contributed by atoms with Gasteiger partial charge >= 0.3 is 12.1 Å². The number of carboxylic acids is 1. The summed E-state index contributed by atoms with van der Waals surface area (Å²) < 4.78 is 58.2. The average Bonchev–Trinajstić information content (AvgIpc) is 2.69. The summed E-state index contributed by atoms with van der Waals surface area (Å²) in [4.78, 5) is 12.4. The Hall–Kier alpha value is -2.77. The largest absolute Gasteiger partial charge is 0.487 e. The summed E-state index contributed by atoms with van der Waals surface area (Å²) in [5, 5.41) is 8.72. The molecule has 0 atom stereocenters. The fourth-order valence-electron chi connectivity index (χ4n) is 3.59. The number of nitrogens with zero attached hydrogens (tertiary/aromatic N) is 1. The van der Waals surface area contributed by atoms with E-state index in [1.54, 1.807) is 23.1 Å². The van der Waals surface area contributed by atoms with Crippen molar-refractivity contribution in [3.63, 3.8) is 0 Å². The van der Waals surface area contributed by atoms with Crippen LogP contribution in [-0.4, -0.2) is 30.3 Å². The predicted molar refractivity (Wildman–Crippen MR) is 104 cm³/mol. The van der Waals surface area contributed by atoms with Crippen molar-refractivity contribution in [2.75, 3.05) is 18.0 Å². The molecule has 1 aliphatic rings. The molecule has 1 aliphatic heterocycles. The molecule has 0 saturated carbocycles. The minimum absolute atomic E-state index is 0.0553. The zero-order valence-corrected chi connectivity index (χ0v) is 16.3. The summed E-state index contributed by atoms with van der Waals surface area (Å²) in [6.07, 6.45) is -3.64. The first-order valence-electron chi connectivity index (χ1n) is 9.78. The number of aryl methyl sites for hydroxylation is 2. The summed E-state index contributed by atoms with van der Waals surface area (Å²) in [5.41, 5.74) is 2.49. The molecule has 0 amide bonds. The van der Waals surface area contributed by atoms with Crippen LogP contribution >= 0.6 is 0 Å². The SMILES string of the molecule is O=C(O)CCc1ccc(COc2cccc3c2N(CCC(F)(F)F)CCC3)cc1F. The summed E-state index contributed by atoms with van der Waals surface area (Å²) >= 11 is 0. The van der Waals surface area contributed by atoms with Gasteiger partial charge in [0, 0.05) is 19.5 Å². The maximum Gasteiger partial charge on any atom is 0.390 e. The molecule has 0 unspecified atom stereocenters. The molecule has 2 aromatic rings. The lowest BCUT2D eigenvalue weighted by atomic mass is 10.0. The Morgan fingerprint density at radius 2 is 2.00 bits per heavy atom. The van der Waals surface area contributed by atoms with Crippen molar-refractivity contribution in [2.45, 2.75) is 44.9 Å². The lowest BCUT2D eigenvalue weighted by Gasteiger charge is -2.33. The van der Waals surface area contributed by atoms with Crippen LogP contribution in [0, 0.1) is 5.82 Å². The molecule has 0 fully saturated rings. The summed E-state index contributed by atoms with van der Waals surface area (Å²) in [5.74, 6) is -1.02. The first kappa shape index (κ1) is 21.9. The van der Waals surface area contributed by atoms with Gasteiger partial charge in [0.05, 0.1) is 12.1 Å². The van der Waals surface area contributed by atoms with Crippen LogP contribution in [0.1, 0.15) is 36.0 Å². The van der Waals surface area contributed by atoms with Crippen LogP contribution < -0.4 is 9.64 Å². The third-order valence-electron chi connectivity index (χ3n) is 5.06. The zero-order valence-electron chi connectivity index (χ0n) is 16.3. The van der Waals surface area contributed by atoms with Gasteiger partial charge in [-0.15, -0.1) is 0 Å². The van der Waals surface area contributed by atoms with E-state index in [1.165, 1.54) is 12.1 Å². The highest BCUT2D eigenvalue weighted by molar-refractivity contribution is 5.67. The second-order valence-corrected chi connectivity index (χ2v) is 7.33. The van der Waals surface area contributed by atoms with Gasteiger partial charge in [-0.25, -0.2) is 4.39 Å². The summed E-state index contributed by atoms with van der Waals surface area (Å²) in [7, 11) is 0. The molecule has 0 saturated heterocycles. The van der Waals surface area contributed by atoms with Gasteiger partial charge in [-0.1, -0.05) is 24.3 Å². The van der Waals surface area contributed by atoms with E-state index in [0.717, 1.165) is 18.4 Å². The van der Waals surface area contributed by atoms with Crippen LogP contribution in [-0.2, 0) is 24.2 Å². The molecule has 0 bridgehead atoms. The Bertz CT molecular complexity index is 898. The van der Waals surface area contributed by atoms with Crippen molar-refractivity contribution in [3.05, 3.63) is 58.9 Å². The van der Waals surface area contributed by atoms with Crippen LogP contribution in [0.25, 0.3) is 0 Å². The number of alkyl halides is 3. The number of halogens is 4. The maximum atomic E-state index is 14.2. The van der Waals surface area contributed by atoms with Crippen molar-refractivity contribution in [3.8, 4) is 5.75 Å². The second-order valence-electron chi connectivity index (χ2n) is 7.33. The second kappa shape index (κ2) is 9.36. The molecule has 4 nitrogen and oxygen atoms in total. The summed E-state index contributed by atoms with van der Waals surface area (Å²) in [6.45, 7) is 0.444. The van der Waals surface area contributed by atoms with Crippen molar-refractivity contribution >= 4 is 11.7 Å². The molecule has 3 rings (SSSR count). The van der Waals surface area contributed by atoms with E-state index >= 15 is 0 Å².